The van der Waals surface area contributed by atoms with Gasteiger partial charge in [0.25, 0.3) is 0 Å². The summed E-state index contributed by atoms with van der Waals surface area (Å²) in [6, 6.07) is 4.38. The maximum Gasteiger partial charge on any atom is 0.410 e. The predicted molar refractivity (Wildman–Crippen MR) is 101 cm³/mol. The number of piperazine rings is 1. The van der Waals surface area contributed by atoms with Crippen LogP contribution in [0.3, 0.4) is 0 Å². The van der Waals surface area contributed by atoms with E-state index in [1.165, 1.54) is 5.56 Å². The number of hydrogen-bond acceptors (Lipinski definition) is 4. The molecule has 1 aromatic heterocycles. The van der Waals surface area contributed by atoms with Gasteiger partial charge in [-0.25, -0.2) is 4.79 Å². The number of pyridine rings is 1. The number of hydrogen-bond donors (Lipinski definition) is 0. The summed E-state index contributed by atoms with van der Waals surface area (Å²) in [5.41, 5.74) is 1.69. The van der Waals surface area contributed by atoms with Crippen LogP contribution in [0, 0.1) is 5.92 Å². The van der Waals surface area contributed by atoms with Crippen molar-refractivity contribution in [1.82, 2.24) is 14.8 Å². The number of carbonyl (C=O) groups is 1. The normalized spacial score (nSPS) is 17.4. The molecule has 1 aromatic rings. The van der Waals surface area contributed by atoms with Crippen LogP contribution in [-0.4, -0.2) is 52.7 Å². The van der Waals surface area contributed by atoms with E-state index in [1.807, 2.05) is 32.9 Å². The lowest BCUT2D eigenvalue weighted by molar-refractivity contribution is 0.00744. The maximum absolute atomic E-state index is 12.3. The van der Waals surface area contributed by atoms with Crippen LogP contribution in [0.25, 0.3) is 6.08 Å². The SMILES string of the molecule is C=Cc1ncccc1C(C(C)C)N1CCN(C(=O)OC(C)(C)C)CC1. The molecule has 0 aromatic carbocycles. The third-order valence-electron chi connectivity index (χ3n) is 4.37. The van der Waals surface area contributed by atoms with Crippen LogP contribution >= 0.6 is 0 Å². The van der Waals surface area contributed by atoms with Gasteiger partial charge in [-0.15, -0.1) is 0 Å². The van der Waals surface area contributed by atoms with Gasteiger partial charge in [0.1, 0.15) is 5.60 Å². The first kappa shape index (κ1) is 19.4. The second-order valence-corrected chi connectivity index (χ2v) is 7.87. The van der Waals surface area contributed by atoms with Crippen molar-refractivity contribution in [2.45, 2.75) is 46.3 Å². The van der Waals surface area contributed by atoms with Gasteiger partial charge in [0.15, 0.2) is 0 Å². The van der Waals surface area contributed by atoms with Gasteiger partial charge in [0.2, 0.25) is 0 Å². The summed E-state index contributed by atoms with van der Waals surface area (Å²) in [6.07, 6.45) is 3.40. The van der Waals surface area contributed by atoms with Gasteiger partial charge < -0.3 is 9.64 Å². The van der Waals surface area contributed by atoms with Crippen LogP contribution in [0.15, 0.2) is 24.9 Å². The second kappa shape index (κ2) is 8.00. The molecule has 1 amide bonds. The lowest BCUT2D eigenvalue weighted by Crippen LogP contribution is -2.51. The minimum absolute atomic E-state index is 0.221. The first-order valence-electron chi connectivity index (χ1n) is 9.02. The fraction of sp³-hybridized carbons (Fsp3) is 0.600. The van der Waals surface area contributed by atoms with E-state index in [0.29, 0.717) is 19.0 Å². The van der Waals surface area contributed by atoms with E-state index in [4.69, 9.17) is 4.74 Å². The monoisotopic (exact) mass is 345 g/mol. The second-order valence-electron chi connectivity index (χ2n) is 7.87. The van der Waals surface area contributed by atoms with Crippen LogP contribution in [-0.2, 0) is 4.74 Å². The van der Waals surface area contributed by atoms with Gasteiger partial charge in [-0.3, -0.25) is 9.88 Å². The van der Waals surface area contributed by atoms with E-state index >= 15 is 0 Å². The van der Waals surface area contributed by atoms with Crippen LogP contribution < -0.4 is 0 Å². The highest BCUT2D eigenvalue weighted by atomic mass is 16.6. The van der Waals surface area contributed by atoms with Crippen molar-refractivity contribution in [3.8, 4) is 0 Å². The minimum atomic E-state index is -0.455. The smallest absolute Gasteiger partial charge is 0.410 e. The molecule has 1 unspecified atom stereocenters. The molecule has 0 spiro atoms. The zero-order valence-corrected chi connectivity index (χ0v) is 16.2. The Kier molecular flexibility index (Phi) is 6.22. The zero-order chi connectivity index (χ0) is 18.6. The van der Waals surface area contributed by atoms with Crippen molar-refractivity contribution in [2.24, 2.45) is 5.92 Å². The van der Waals surface area contributed by atoms with Gasteiger partial charge in [-0.2, -0.15) is 0 Å². The lowest BCUT2D eigenvalue weighted by atomic mass is 9.92. The van der Waals surface area contributed by atoms with E-state index in [9.17, 15) is 4.79 Å². The molecule has 1 saturated heterocycles. The Balaban J connectivity index is 2.08. The third-order valence-corrected chi connectivity index (χ3v) is 4.37. The molecule has 5 heteroatoms. The quantitative estimate of drug-likeness (QED) is 0.828. The van der Waals surface area contributed by atoms with Gasteiger partial charge in [-0.1, -0.05) is 26.5 Å². The summed E-state index contributed by atoms with van der Waals surface area (Å²) in [5, 5.41) is 0. The van der Waals surface area contributed by atoms with E-state index in [2.05, 4.69) is 36.4 Å². The highest BCUT2D eigenvalue weighted by Crippen LogP contribution is 2.31. The van der Waals surface area contributed by atoms with E-state index < -0.39 is 5.60 Å². The summed E-state index contributed by atoms with van der Waals surface area (Å²) in [4.78, 5) is 20.9. The largest absolute Gasteiger partial charge is 0.444 e. The molecule has 0 N–H and O–H groups in total. The number of nitrogens with zero attached hydrogens (tertiary/aromatic N) is 3. The van der Waals surface area contributed by atoms with Crippen LogP contribution in [0.1, 0.15) is 51.9 Å². The molecular weight excluding hydrogens is 314 g/mol. The molecule has 0 radical (unpaired) electrons. The van der Waals surface area contributed by atoms with E-state index in [1.54, 1.807) is 11.1 Å². The topological polar surface area (TPSA) is 45.7 Å². The summed E-state index contributed by atoms with van der Waals surface area (Å²) in [5.74, 6) is 0.441. The van der Waals surface area contributed by atoms with Crippen LogP contribution in [0.5, 0.6) is 0 Å². The van der Waals surface area contributed by atoms with Gasteiger partial charge in [0.05, 0.1) is 5.69 Å². The third kappa shape index (κ3) is 5.05. The summed E-state index contributed by atoms with van der Waals surface area (Å²) in [7, 11) is 0. The highest BCUT2D eigenvalue weighted by molar-refractivity contribution is 5.68. The van der Waals surface area contributed by atoms with Crippen molar-refractivity contribution in [2.75, 3.05) is 26.2 Å². The van der Waals surface area contributed by atoms with Gasteiger partial charge in [-0.05, 0) is 44.4 Å². The summed E-state index contributed by atoms with van der Waals surface area (Å²) in [6.45, 7) is 17.1. The van der Waals surface area contributed by atoms with Crippen LogP contribution in [0.2, 0.25) is 0 Å². The average Bonchev–Trinajstić information content (AvgIpc) is 2.54. The summed E-state index contributed by atoms with van der Waals surface area (Å²) >= 11 is 0. The Morgan fingerprint density at radius 3 is 2.44 bits per heavy atom. The van der Waals surface area contributed by atoms with E-state index in [0.717, 1.165) is 18.8 Å². The Hall–Kier alpha value is -1.88. The molecule has 1 aliphatic heterocycles. The maximum atomic E-state index is 12.3. The van der Waals surface area contributed by atoms with Crippen LogP contribution in [0.4, 0.5) is 4.79 Å². The van der Waals surface area contributed by atoms with Gasteiger partial charge >= 0.3 is 6.09 Å². The fourth-order valence-corrected chi connectivity index (χ4v) is 3.34. The van der Waals surface area contributed by atoms with Crippen molar-refractivity contribution < 1.29 is 9.53 Å². The predicted octanol–water partition coefficient (Wildman–Crippen LogP) is 3.97. The molecule has 0 saturated carbocycles. The fourth-order valence-electron chi connectivity index (χ4n) is 3.34. The lowest BCUT2D eigenvalue weighted by Gasteiger charge is -2.41. The first-order valence-corrected chi connectivity index (χ1v) is 9.02. The first-order chi connectivity index (χ1) is 11.7. The Labute approximate surface area is 151 Å². The van der Waals surface area contributed by atoms with Gasteiger partial charge in [0, 0.05) is 38.4 Å². The Morgan fingerprint density at radius 1 is 1.28 bits per heavy atom. The van der Waals surface area contributed by atoms with Crippen molar-refractivity contribution in [3.63, 3.8) is 0 Å². The molecule has 1 fully saturated rings. The molecule has 5 nitrogen and oxygen atoms in total. The molecule has 0 aliphatic carbocycles. The van der Waals surface area contributed by atoms with E-state index in [-0.39, 0.29) is 12.1 Å². The van der Waals surface area contributed by atoms with Crippen molar-refractivity contribution in [3.05, 3.63) is 36.2 Å². The molecule has 1 atom stereocenters. The minimum Gasteiger partial charge on any atom is -0.444 e. The molecule has 138 valence electrons. The number of amides is 1. The molecule has 0 bridgehead atoms. The molecular formula is C20H31N3O2. The number of aromatic nitrogens is 1. The number of carbonyl (C=O) groups excluding carboxylic acids is 1. The number of ether oxygens (including phenoxy) is 1. The molecule has 25 heavy (non-hydrogen) atoms. The Bertz CT molecular complexity index is 599. The highest BCUT2D eigenvalue weighted by Gasteiger charge is 2.31. The Morgan fingerprint density at radius 2 is 1.92 bits per heavy atom. The van der Waals surface area contributed by atoms with Crippen molar-refractivity contribution in [1.29, 1.82) is 0 Å². The molecule has 2 heterocycles. The summed E-state index contributed by atoms with van der Waals surface area (Å²) < 4.78 is 5.49. The zero-order valence-electron chi connectivity index (χ0n) is 16.2. The molecule has 2 rings (SSSR count). The standard InChI is InChI=1S/C20H31N3O2/c1-7-17-16(9-8-10-21-17)18(15(2)3)22-11-13-23(14-12-22)19(24)25-20(4,5)6/h7-10,15,18H,1,11-14H2,2-6H3. The van der Waals surface area contributed by atoms with Crippen molar-refractivity contribution >= 4 is 12.2 Å². The number of rotatable bonds is 4. The average molecular weight is 345 g/mol. The molecule has 1 aliphatic rings.